The zero-order valence-corrected chi connectivity index (χ0v) is 37.1. The Morgan fingerprint density at radius 3 is 2.30 bits per heavy atom. The highest BCUT2D eigenvalue weighted by Gasteiger charge is 2.28. The lowest BCUT2D eigenvalue weighted by Crippen LogP contribution is -2.49. The number of carbonyl (C=O) groups excluding carboxylic acids is 3. The van der Waals surface area contributed by atoms with Gasteiger partial charge in [0.1, 0.15) is 18.0 Å². The molecular formula is C47H58N12O4. The third-order valence-corrected chi connectivity index (χ3v) is 12.3. The summed E-state index contributed by atoms with van der Waals surface area (Å²) >= 11 is 0. The maximum atomic E-state index is 12.9. The second-order valence-electron chi connectivity index (χ2n) is 17.9. The summed E-state index contributed by atoms with van der Waals surface area (Å²) in [6, 6.07) is 19.7. The normalized spacial score (nSPS) is 17.1. The highest BCUT2D eigenvalue weighted by Crippen LogP contribution is 2.30. The molecule has 3 N–H and O–H groups in total. The molecule has 5 aromatic rings. The Bertz CT molecular complexity index is 2430. The van der Waals surface area contributed by atoms with Crippen LogP contribution in [0.5, 0.6) is 0 Å². The smallest absolute Gasteiger partial charge is 0.328 e. The van der Waals surface area contributed by atoms with Crippen LogP contribution in [0.4, 0.5) is 33.5 Å². The first-order chi connectivity index (χ1) is 30.3. The van der Waals surface area contributed by atoms with Crippen molar-refractivity contribution < 1.29 is 18.9 Å². The van der Waals surface area contributed by atoms with Gasteiger partial charge in [-0.15, -0.1) is 0 Å². The Hall–Kier alpha value is -6.42. The zero-order valence-electron chi connectivity index (χ0n) is 37.1. The Balaban J connectivity index is 0.812. The Morgan fingerprint density at radius 2 is 1.62 bits per heavy atom. The van der Waals surface area contributed by atoms with Crippen molar-refractivity contribution in [3.8, 4) is 11.3 Å². The first kappa shape index (κ1) is 43.2. The van der Waals surface area contributed by atoms with Gasteiger partial charge in [-0.2, -0.15) is 4.98 Å². The van der Waals surface area contributed by atoms with E-state index in [0.717, 1.165) is 105 Å². The van der Waals surface area contributed by atoms with E-state index >= 15 is 0 Å². The standard InChI is InChI=1S/C47H58N12O4/c1-7-37-39(58-24-22-56(23-25-58)28-32-16-19-57(20-17-32)34-9-11-35(12-10-34)59-21-18-42(60)53-46(59)62)14-15-40(51-37)52-41-27-38(48-29-49-41)33-8-13-36(30(2)26-33)31(3)50-43(61)44-54-45(55-63-44)47(4,5)6/h8-15,26-27,29,31-32H,7,16-25,28H2,1-6H3,(H,50,61)(H,53,60,62)(H,48,49,51,52)/t31-/m1/s1. The molecule has 3 fully saturated rings. The summed E-state index contributed by atoms with van der Waals surface area (Å²) in [5.74, 6) is 1.86. The largest absolute Gasteiger partial charge is 0.372 e. The van der Waals surface area contributed by atoms with E-state index < -0.39 is 5.91 Å². The van der Waals surface area contributed by atoms with Gasteiger partial charge in [0.05, 0.1) is 23.1 Å². The van der Waals surface area contributed by atoms with Gasteiger partial charge < -0.3 is 25.0 Å². The molecule has 2 aromatic carbocycles. The third kappa shape index (κ3) is 10.1. The predicted molar refractivity (Wildman–Crippen MR) is 244 cm³/mol. The van der Waals surface area contributed by atoms with Gasteiger partial charge in [-0.25, -0.2) is 19.7 Å². The molecule has 1 atom stereocenters. The molecule has 0 bridgehead atoms. The molecule has 330 valence electrons. The fourth-order valence-electron chi connectivity index (χ4n) is 8.67. The average Bonchev–Trinajstić information content (AvgIpc) is 3.80. The summed E-state index contributed by atoms with van der Waals surface area (Å²) in [5.41, 5.74) is 7.59. The minimum atomic E-state index is -0.412. The molecule has 8 rings (SSSR count). The van der Waals surface area contributed by atoms with Gasteiger partial charge >= 0.3 is 17.8 Å². The summed E-state index contributed by atoms with van der Waals surface area (Å²) in [6.07, 6.45) is 5.00. The summed E-state index contributed by atoms with van der Waals surface area (Å²) < 4.78 is 5.24. The first-order valence-corrected chi connectivity index (χ1v) is 22.1. The molecule has 63 heavy (non-hydrogen) atoms. The van der Waals surface area contributed by atoms with Crippen LogP contribution in [0.1, 0.15) is 93.3 Å². The molecule has 3 aliphatic rings. The van der Waals surface area contributed by atoms with Crippen molar-refractivity contribution in [3.63, 3.8) is 0 Å². The van der Waals surface area contributed by atoms with E-state index in [-0.39, 0.29) is 29.3 Å². The van der Waals surface area contributed by atoms with Crippen LogP contribution in [0.25, 0.3) is 11.3 Å². The van der Waals surface area contributed by atoms with Gasteiger partial charge in [-0.1, -0.05) is 45.0 Å². The van der Waals surface area contributed by atoms with Crippen LogP contribution in [0.3, 0.4) is 0 Å². The van der Waals surface area contributed by atoms with E-state index in [9.17, 15) is 14.4 Å². The lowest BCUT2D eigenvalue weighted by Gasteiger charge is -2.40. The van der Waals surface area contributed by atoms with Gasteiger partial charge in [0.2, 0.25) is 5.91 Å². The van der Waals surface area contributed by atoms with Crippen molar-refractivity contribution in [3.05, 3.63) is 95.5 Å². The molecule has 16 heteroatoms. The summed E-state index contributed by atoms with van der Waals surface area (Å²) in [6.45, 7) is 19.5. The molecular weight excluding hydrogens is 797 g/mol. The van der Waals surface area contributed by atoms with E-state index in [4.69, 9.17) is 9.51 Å². The van der Waals surface area contributed by atoms with Crippen LogP contribution in [-0.2, 0) is 16.6 Å². The van der Waals surface area contributed by atoms with E-state index in [1.165, 1.54) is 11.4 Å². The number of nitrogens with zero attached hydrogens (tertiary/aromatic N) is 9. The SMILES string of the molecule is CCc1nc(Nc2cc(-c3ccc([C@@H](C)NC(=O)c4nc(C(C)(C)C)no4)c(C)c3)ncn2)ccc1N1CCN(CC2CCN(c3ccc(N4CCC(=O)NC4=O)cc3)CC2)CC1. The fraction of sp³-hybridized carbons (Fsp3) is 0.447. The number of aromatic nitrogens is 5. The molecule has 6 heterocycles. The van der Waals surface area contributed by atoms with E-state index in [0.29, 0.717) is 30.5 Å². The van der Waals surface area contributed by atoms with Crippen LogP contribution < -0.4 is 30.7 Å². The van der Waals surface area contributed by atoms with E-state index in [1.54, 1.807) is 11.2 Å². The molecule has 3 saturated heterocycles. The maximum Gasteiger partial charge on any atom is 0.328 e. The van der Waals surface area contributed by atoms with Gasteiger partial charge in [0.25, 0.3) is 0 Å². The first-order valence-electron chi connectivity index (χ1n) is 22.1. The number of benzene rings is 2. The number of piperazine rings is 1. The van der Waals surface area contributed by atoms with Crippen molar-refractivity contribution in [1.29, 1.82) is 0 Å². The molecule has 0 aliphatic carbocycles. The number of urea groups is 1. The van der Waals surface area contributed by atoms with Gasteiger partial charge in [-0.05, 0) is 92.6 Å². The van der Waals surface area contributed by atoms with E-state index in [1.807, 2.05) is 71.0 Å². The van der Waals surface area contributed by atoms with Crippen LogP contribution in [0.2, 0.25) is 0 Å². The van der Waals surface area contributed by atoms with Crippen LogP contribution in [-0.4, -0.2) is 100 Å². The second-order valence-corrected chi connectivity index (χ2v) is 17.9. The minimum Gasteiger partial charge on any atom is -0.372 e. The monoisotopic (exact) mass is 854 g/mol. The second kappa shape index (κ2) is 18.5. The van der Waals surface area contributed by atoms with Crippen molar-refractivity contribution >= 4 is 46.5 Å². The number of hydrogen-bond acceptors (Lipinski definition) is 13. The molecule has 0 spiro atoms. The molecule has 0 unspecified atom stereocenters. The topological polar surface area (TPSA) is 178 Å². The quantitative estimate of drug-likeness (QED) is 0.119. The highest BCUT2D eigenvalue weighted by atomic mass is 16.5. The van der Waals surface area contributed by atoms with E-state index in [2.05, 4.69) is 81.9 Å². The fourth-order valence-corrected chi connectivity index (χ4v) is 8.67. The molecule has 3 aromatic heterocycles. The number of rotatable bonds is 12. The van der Waals surface area contributed by atoms with Crippen LogP contribution in [0, 0.1) is 12.8 Å². The average molecular weight is 855 g/mol. The lowest BCUT2D eigenvalue weighted by atomic mass is 9.95. The number of anilines is 5. The van der Waals surface area contributed by atoms with Crippen molar-refractivity contribution in [2.45, 2.75) is 78.7 Å². The summed E-state index contributed by atoms with van der Waals surface area (Å²) in [5, 5.41) is 12.8. The number of piperidine rings is 1. The predicted octanol–water partition coefficient (Wildman–Crippen LogP) is 6.81. The van der Waals surface area contributed by atoms with Crippen molar-refractivity contribution in [2.24, 2.45) is 5.92 Å². The Morgan fingerprint density at radius 1 is 0.873 bits per heavy atom. The number of amides is 4. The number of imide groups is 1. The van der Waals surface area contributed by atoms with Gasteiger partial charge in [0.15, 0.2) is 5.82 Å². The number of pyridine rings is 1. The van der Waals surface area contributed by atoms with Crippen molar-refractivity contribution in [2.75, 3.05) is 72.4 Å². The van der Waals surface area contributed by atoms with Gasteiger partial charge in [-0.3, -0.25) is 24.7 Å². The third-order valence-electron chi connectivity index (χ3n) is 12.3. The molecule has 0 radical (unpaired) electrons. The number of hydrogen-bond donors (Lipinski definition) is 3. The number of nitrogens with one attached hydrogen (secondary N) is 3. The number of aryl methyl sites for hydroxylation is 2. The van der Waals surface area contributed by atoms with Crippen molar-refractivity contribution in [1.82, 2.24) is 40.6 Å². The summed E-state index contributed by atoms with van der Waals surface area (Å²) in [7, 11) is 0. The molecule has 16 nitrogen and oxygen atoms in total. The van der Waals surface area contributed by atoms with Crippen LogP contribution >= 0.6 is 0 Å². The van der Waals surface area contributed by atoms with Crippen LogP contribution in [0.15, 0.2) is 71.5 Å². The molecule has 4 amide bonds. The Labute approximate surface area is 368 Å². The lowest BCUT2D eigenvalue weighted by molar-refractivity contribution is -0.120. The maximum absolute atomic E-state index is 12.9. The zero-order chi connectivity index (χ0) is 44.3. The highest BCUT2D eigenvalue weighted by molar-refractivity contribution is 6.05. The molecule has 0 saturated carbocycles. The molecule has 3 aliphatic heterocycles. The summed E-state index contributed by atoms with van der Waals surface area (Å²) in [4.78, 5) is 64.2. The van der Waals surface area contributed by atoms with Gasteiger partial charge in [0, 0.05) is 87.2 Å². The minimum absolute atomic E-state index is 0.0501. The Kier molecular flexibility index (Phi) is 12.7. The number of carbonyl (C=O) groups is 3.